The molecule has 2 heterocycles. The van der Waals surface area contributed by atoms with Gasteiger partial charge in [-0.2, -0.15) is 0 Å². The van der Waals surface area contributed by atoms with E-state index in [2.05, 4.69) is 49.3 Å². The Morgan fingerprint density at radius 2 is 2.17 bits per heavy atom. The maximum Gasteiger partial charge on any atom is 0.321 e. The molecule has 1 atom stereocenters. The average Bonchev–Trinajstić information content (AvgIpc) is 2.71. The highest BCUT2D eigenvalue weighted by atomic mass is 16.5. The molecule has 1 aliphatic heterocycles. The summed E-state index contributed by atoms with van der Waals surface area (Å²) in [5, 5.41) is 2.95. The Bertz CT molecular complexity index is 874. The third kappa shape index (κ3) is 6.34. The molecule has 2 amide bonds. The van der Waals surface area contributed by atoms with E-state index >= 15 is 0 Å². The lowest BCUT2D eigenvalue weighted by Gasteiger charge is -2.33. The molecule has 1 aromatic heterocycles. The fourth-order valence-corrected chi connectivity index (χ4v) is 3.51. The molecule has 0 saturated carbocycles. The van der Waals surface area contributed by atoms with Gasteiger partial charge in [0.25, 0.3) is 0 Å². The second-order valence-electron chi connectivity index (χ2n) is 8.54. The van der Waals surface area contributed by atoms with Gasteiger partial charge < -0.3 is 15.0 Å². The van der Waals surface area contributed by atoms with Gasteiger partial charge >= 0.3 is 6.03 Å². The molecule has 1 unspecified atom stereocenters. The number of rotatable bonds is 6. The van der Waals surface area contributed by atoms with Gasteiger partial charge in [0.1, 0.15) is 5.75 Å². The number of nitrogens with one attached hydrogen (secondary N) is 1. The minimum Gasteiger partial charge on any atom is -0.494 e. The van der Waals surface area contributed by atoms with Gasteiger partial charge in [-0.05, 0) is 61.4 Å². The summed E-state index contributed by atoms with van der Waals surface area (Å²) in [5.74, 6) is 1.87. The Morgan fingerprint density at radius 3 is 2.87 bits per heavy atom. The van der Waals surface area contributed by atoms with Crippen LogP contribution in [0.2, 0.25) is 0 Å². The maximum atomic E-state index is 12.6. The molecular formula is C25H33N3O2. The first-order valence-electron chi connectivity index (χ1n) is 10.8. The number of hydrogen-bond donors (Lipinski definition) is 1. The predicted molar refractivity (Wildman–Crippen MR) is 123 cm³/mol. The molecule has 5 heteroatoms. The Balaban J connectivity index is 1.57. The highest BCUT2D eigenvalue weighted by molar-refractivity contribution is 5.89. The number of aromatic nitrogens is 1. The number of benzene rings is 1. The highest BCUT2D eigenvalue weighted by Gasteiger charge is 2.24. The molecule has 1 aliphatic rings. The van der Waals surface area contributed by atoms with Crippen molar-refractivity contribution < 1.29 is 9.53 Å². The number of anilines is 1. The van der Waals surface area contributed by atoms with Crippen LogP contribution in [0, 0.1) is 18.8 Å². The van der Waals surface area contributed by atoms with Crippen LogP contribution in [-0.2, 0) is 0 Å². The van der Waals surface area contributed by atoms with E-state index in [-0.39, 0.29) is 6.03 Å². The summed E-state index contributed by atoms with van der Waals surface area (Å²) in [5.41, 5.74) is 4.19. The van der Waals surface area contributed by atoms with E-state index in [4.69, 9.17) is 4.74 Å². The fraction of sp³-hybridized carbons (Fsp3) is 0.440. The van der Waals surface area contributed by atoms with Crippen LogP contribution in [0.25, 0.3) is 6.08 Å². The molecule has 160 valence electrons. The molecule has 3 rings (SSSR count). The second-order valence-corrected chi connectivity index (χ2v) is 8.54. The van der Waals surface area contributed by atoms with Gasteiger partial charge in [0.05, 0.1) is 18.5 Å². The van der Waals surface area contributed by atoms with E-state index in [9.17, 15) is 4.79 Å². The van der Waals surface area contributed by atoms with Crippen LogP contribution >= 0.6 is 0 Å². The Kier molecular flexibility index (Phi) is 7.50. The van der Waals surface area contributed by atoms with E-state index in [1.165, 1.54) is 5.57 Å². The fourth-order valence-electron chi connectivity index (χ4n) is 3.51. The van der Waals surface area contributed by atoms with Gasteiger partial charge in [-0.1, -0.05) is 44.6 Å². The number of nitrogens with zero attached hydrogens (tertiary/aromatic N) is 2. The van der Waals surface area contributed by atoms with Crippen LogP contribution in [0.1, 0.15) is 44.9 Å². The van der Waals surface area contributed by atoms with Crippen molar-refractivity contribution in [3.8, 4) is 5.75 Å². The summed E-state index contributed by atoms with van der Waals surface area (Å²) >= 11 is 0. The summed E-state index contributed by atoms with van der Waals surface area (Å²) in [7, 11) is 0. The predicted octanol–water partition coefficient (Wildman–Crippen LogP) is 5.77. The third-order valence-electron chi connectivity index (χ3n) is 5.42. The van der Waals surface area contributed by atoms with Crippen molar-refractivity contribution in [2.24, 2.45) is 11.8 Å². The van der Waals surface area contributed by atoms with Crippen LogP contribution in [0.15, 0.2) is 48.2 Å². The van der Waals surface area contributed by atoms with Crippen LogP contribution < -0.4 is 10.1 Å². The van der Waals surface area contributed by atoms with Gasteiger partial charge in [-0.3, -0.25) is 4.98 Å². The molecule has 0 spiro atoms. The van der Waals surface area contributed by atoms with Crippen molar-refractivity contribution in [2.45, 2.75) is 40.5 Å². The largest absolute Gasteiger partial charge is 0.494 e. The van der Waals surface area contributed by atoms with Crippen LogP contribution in [0.4, 0.5) is 10.5 Å². The van der Waals surface area contributed by atoms with Gasteiger partial charge in [-0.25, -0.2) is 4.79 Å². The summed E-state index contributed by atoms with van der Waals surface area (Å²) < 4.78 is 5.89. The number of pyridine rings is 1. The Morgan fingerprint density at radius 1 is 1.33 bits per heavy atom. The summed E-state index contributed by atoms with van der Waals surface area (Å²) in [6.45, 7) is 10.7. The quantitative estimate of drug-likeness (QED) is 0.661. The van der Waals surface area contributed by atoms with Gasteiger partial charge in [0.2, 0.25) is 0 Å². The van der Waals surface area contributed by atoms with Crippen LogP contribution in [0.5, 0.6) is 5.75 Å². The molecule has 5 nitrogen and oxygen atoms in total. The van der Waals surface area contributed by atoms with Crippen molar-refractivity contribution in [2.75, 3.05) is 25.0 Å². The average molecular weight is 408 g/mol. The zero-order chi connectivity index (χ0) is 21.5. The smallest absolute Gasteiger partial charge is 0.321 e. The van der Waals surface area contributed by atoms with E-state index in [1.54, 1.807) is 6.20 Å². The van der Waals surface area contributed by atoms with Crippen molar-refractivity contribution in [3.05, 3.63) is 59.4 Å². The second kappa shape index (κ2) is 10.3. The normalized spacial score (nSPS) is 18.0. The van der Waals surface area contributed by atoms with Crippen molar-refractivity contribution in [3.63, 3.8) is 0 Å². The number of carbonyl (C=O) groups excluding carboxylic acids is 1. The lowest BCUT2D eigenvalue weighted by atomic mass is 9.91. The van der Waals surface area contributed by atoms with Crippen LogP contribution in [0.3, 0.4) is 0 Å². The zero-order valence-corrected chi connectivity index (χ0v) is 18.5. The summed E-state index contributed by atoms with van der Waals surface area (Å²) in [4.78, 5) is 18.7. The number of amides is 2. The molecule has 1 N–H and O–H groups in total. The topological polar surface area (TPSA) is 54.5 Å². The molecule has 0 radical (unpaired) electrons. The first-order valence-corrected chi connectivity index (χ1v) is 10.8. The van der Waals surface area contributed by atoms with E-state index in [1.807, 2.05) is 36.1 Å². The van der Waals surface area contributed by atoms with E-state index < -0.39 is 0 Å². The number of aryl methyl sites for hydroxylation is 1. The molecule has 1 aromatic carbocycles. The van der Waals surface area contributed by atoms with E-state index in [0.717, 1.165) is 42.1 Å². The number of piperidine rings is 1. The van der Waals surface area contributed by atoms with Gasteiger partial charge in [-0.15, -0.1) is 0 Å². The Labute approximate surface area is 180 Å². The van der Waals surface area contributed by atoms with Gasteiger partial charge in [0.15, 0.2) is 0 Å². The van der Waals surface area contributed by atoms with Crippen molar-refractivity contribution in [1.29, 1.82) is 0 Å². The molecule has 0 aliphatic carbocycles. The molecule has 2 aromatic rings. The minimum atomic E-state index is -0.0629. The molecule has 30 heavy (non-hydrogen) atoms. The summed E-state index contributed by atoms with van der Waals surface area (Å²) in [6, 6.07) is 12.0. The highest BCUT2D eigenvalue weighted by Crippen LogP contribution is 2.26. The number of ether oxygens (including phenoxy) is 1. The monoisotopic (exact) mass is 407 g/mol. The van der Waals surface area contributed by atoms with Crippen molar-refractivity contribution in [1.82, 2.24) is 9.88 Å². The molecule has 1 fully saturated rings. The number of urea groups is 1. The maximum absolute atomic E-state index is 12.6. The van der Waals surface area contributed by atoms with Gasteiger partial charge in [0, 0.05) is 18.8 Å². The number of hydrogen-bond acceptors (Lipinski definition) is 3. The zero-order valence-electron chi connectivity index (χ0n) is 18.5. The Hall–Kier alpha value is -2.82. The lowest BCUT2D eigenvalue weighted by molar-refractivity contribution is 0.198. The number of likely N-dealkylation sites (tertiary alicyclic amines) is 1. The first-order chi connectivity index (χ1) is 14.4. The molecule has 0 bridgehead atoms. The lowest BCUT2D eigenvalue weighted by Crippen LogP contribution is -2.42. The SMILES string of the molecule is Cc1ccc(NC(=O)N2CCC(=Cc3cccc(OCCC(C)C)c3)C(C)C2)cn1. The third-order valence-corrected chi connectivity index (χ3v) is 5.42. The van der Waals surface area contributed by atoms with Crippen molar-refractivity contribution >= 4 is 17.8 Å². The molecule has 1 saturated heterocycles. The standard InChI is InChI=1S/C25H33N3O2/c1-18(2)11-13-30-24-7-5-6-21(15-24)14-22-10-12-28(17-19(22)3)25(29)27-23-9-8-20(4)26-16-23/h5-9,14-16,18-19H,10-13,17H2,1-4H3,(H,27,29). The minimum absolute atomic E-state index is 0.0629. The molecular weight excluding hydrogens is 374 g/mol. The number of carbonyl (C=O) groups is 1. The van der Waals surface area contributed by atoms with E-state index in [0.29, 0.717) is 24.9 Å². The van der Waals surface area contributed by atoms with Crippen LogP contribution in [-0.4, -0.2) is 35.6 Å². The first kappa shape index (κ1) is 21.9. The summed E-state index contributed by atoms with van der Waals surface area (Å²) in [6.07, 6.45) is 5.87.